The van der Waals surface area contributed by atoms with Gasteiger partial charge in [0, 0.05) is 37.8 Å². The van der Waals surface area contributed by atoms with Gasteiger partial charge in [-0.05, 0) is 43.9 Å². The van der Waals surface area contributed by atoms with Crippen molar-refractivity contribution in [3.05, 3.63) is 29.8 Å². The second kappa shape index (κ2) is 8.41. The number of nitrogens with one attached hydrogen (secondary N) is 1. The Morgan fingerprint density at radius 1 is 1.04 bits per heavy atom. The fourth-order valence-electron chi connectivity index (χ4n) is 3.95. The molecule has 0 aromatic heterocycles. The van der Waals surface area contributed by atoms with Gasteiger partial charge in [0.05, 0.1) is 5.92 Å². The lowest BCUT2D eigenvalue weighted by molar-refractivity contribution is -0.145. The summed E-state index contributed by atoms with van der Waals surface area (Å²) >= 11 is 0. The Morgan fingerprint density at radius 2 is 1.70 bits per heavy atom. The number of carboxylic acids is 1. The number of hydrogen-bond acceptors (Lipinski definition) is 3. The number of benzene rings is 1. The molecular formula is C20H27N3O4. The van der Waals surface area contributed by atoms with Crippen molar-refractivity contribution in [2.45, 2.75) is 32.6 Å². The van der Waals surface area contributed by atoms with Crippen LogP contribution in [0.1, 0.15) is 31.2 Å². The minimum absolute atomic E-state index is 0.0414. The molecule has 1 aliphatic carbocycles. The predicted octanol–water partition coefficient (Wildman–Crippen LogP) is 2.56. The number of nitrogens with zero attached hydrogens (tertiary/aromatic N) is 2. The second-order valence-corrected chi connectivity index (χ2v) is 7.51. The topological polar surface area (TPSA) is 90.0 Å². The number of amides is 3. The van der Waals surface area contributed by atoms with Crippen molar-refractivity contribution in [1.82, 2.24) is 9.80 Å². The van der Waals surface area contributed by atoms with Gasteiger partial charge in [-0.2, -0.15) is 0 Å². The summed E-state index contributed by atoms with van der Waals surface area (Å²) < 4.78 is 0. The number of aliphatic carboxylic acids is 1. The first-order chi connectivity index (χ1) is 12.9. The lowest BCUT2D eigenvalue weighted by Gasteiger charge is -2.37. The molecule has 3 rings (SSSR count). The van der Waals surface area contributed by atoms with E-state index in [4.69, 9.17) is 0 Å². The minimum atomic E-state index is -0.801. The monoisotopic (exact) mass is 373 g/mol. The van der Waals surface area contributed by atoms with Crippen LogP contribution in [0, 0.1) is 18.8 Å². The molecule has 1 saturated heterocycles. The first-order valence-corrected chi connectivity index (χ1v) is 9.58. The van der Waals surface area contributed by atoms with E-state index >= 15 is 0 Å². The molecule has 0 bridgehead atoms. The summed E-state index contributed by atoms with van der Waals surface area (Å²) in [6.45, 7) is 3.93. The van der Waals surface area contributed by atoms with Gasteiger partial charge in [-0.1, -0.05) is 18.6 Å². The molecule has 7 nitrogen and oxygen atoms in total. The lowest BCUT2D eigenvalue weighted by atomic mass is 9.80. The zero-order valence-corrected chi connectivity index (χ0v) is 15.7. The Hall–Kier alpha value is -2.57. The number of rotatable bonds is 3. The highest BCUT2D eigenvalue weighted by molar-refractivity contribution is 5.89. The van der Waals surface area contributed by atoms with E-state index in [9.17, 15) is 19.5 Å². The second-order valence-electron chi connectivity index (χ2n) is 7.51. The molecule has 3 amide bonds. The summed E-state index contributed by atoms with van der Waals surface area (Å²) in [5.74, 6) is -1.37. The van der Waals surface area contributed by atoms with Crippen LogP contribution in [0.15, 0.2) is 24.3 Å². The van der Waals surface area contributed by atoms with Crippen LogP contribution in [0.3, 0.4) is 0 Å². The van der Waals surface area contributed by atoms with E-state index in [1.165, 1.54) is 0 Å². The van der Waals surface area contributed by atoms with Crippen LogP contribution < -0.4 is 5.32 Å². The minimum Gasteiger partial charge on any atom is -0.481 e. The fraction of sp³-hybridized carbons (Fsp3) is 0.550. The van der Waals surface area contributed by atoms with Gasteiger partial charge in [0.25, 0.3) is 0 Å². The molecule has 7 heteroatoms. The number of carbonyl (C=O) groups is 3. The largest absolute Gasteiger partial charge is 0.481 e. The van der Waals surface area contributed by atoms with Crippen LogP contribution in [0.25, 0.3) is 0 Å². The van der Waals surface area contributed by atoms with Crippen molar-refractivity contribution in [2.75, 3.05) is 31.5 Å². The van der Waals surface area contributed by atoms with Gasteiger partial charge >= 0.3 is 12.0 Å². The summed E-state index contributed by atoms with van der Waals surface area (Å²) in [5, 5.41) is 12.1. The third-order valence-corrected chi connectivity index (χ3v) is 5.52. The Balaban J connectivity index is 1.50. The van der Waals surface area contributed by atoms with E-state index in [0.29, 0.717) is 39.0 Å². The van der Waals surface area contributed by atoms with Crippen molar-refractivity contribution in [1.29, 1.82) is 0 Å². The molecule has 146 valence electrons. The van der Waals surface area contributed by atoms with E-state index in [1.54, 1.807) is 9.80 Å². The Labute approximate surface area is 159 Å². The van der Waals surface area contributed by atoms with E-state index in [1.807, 2.05) is 31.2 Å². The number of piperazine rings is 1. The molecule has 0 radical (unpaired) electrons. The quantitative estimate of drug-likeness (QED) is 0.852. The van der Waals surface area contributed by atoms with E-state index < -0.39 is 11.9 Å². The van der Waals surface area contributed by atoms with Crippen molar-refractivity contribution < 1.29 is 19.5 Å². The SMILES string of the molecule is Cc1cccc(NC(=O)N2CCN(C(=O)C3CCCC(C(=O)O)C3)CC2)c1. The maximum atomic E-state index is 12.7. The van der Waals surface area contributed by atoms with Crippen LogP contribution in [-0.2, 0) is 9.59 Å². The molecule has 1 aromatic rings. The molecule has 2 fully saturated rings. The number of carbonyl (C=O) groups excluding carboxylic acids is 2. The molecule has 1 saturated carbocycles. The summed E-state index contributed by atoms with van der Waals surface area (Å²) in [4.78, 5) is 39.9. The van der Waals surface area contributed by atoms with Gasteiger partial charge in [0.2, 0.25) is 5.91 Å². The molecule has 0 spiro atoms. The molecule has 2 aliphatic rings. The van der Waals surface area contributed by atoms with Gasteiger partial charge in [0.15, 0.2) is 0 Å². The third-order valence-electron chi connectivity index (χ3n) is 5.52. The number of hydrogen-bond donors (Lipinski definition) is 2. The maximum Gasteiger partial charge on any atom is 0.321 e. The zero-order valence-electron chi connectivity index (χ0n) is 15.7. The average Bonchev–Trinajstić information content (AvgIpc) is 2.67. The fourth-order valence-corrected chi connectivity index (χ4v) is 3.95. The maximum absolute atomic E-state index is 12.7. The summed E-state index contributed by atoms with van der Waals surface area (Å²) in [6.07, 6.45) is 2.64. The average molecular weight is 373 g/mol. The van der Waals surface area contributed by atoms with Crippen molar-refractivity contribution in [3.8, 4) is 0 Å². The molecule has 2 atom stereocenters. The zero-order chi connectivity index (χ0) is 19.4. The van der Waals surface area contributed by atoms with Crippen LogP contribution in [0.2, 0.25) is 0 Å². The van der Waals surface area contributed by atoms with Crippen molar-refractivity contribution >= 4 is 23.6 Å². The van der Waals surface area contributed by atoms with Gasteiger partial charge in [-0.3, -0.25) is 9.59 Å². The summed E-state index contributed by atoms with van der Waals surface area (Å²) in [6, 6.07) is 7.49. The molecule has 27 heavy (non-hydrogen) atoms. The van der Waals surface area contributed by atoms with Crippen LogP contribution >= 0.6 is 0 Å². The Morgan fingerprint density at radius 3 is 2.37 bits per heavy atom. The normalized spacial score (nSPS) is 23.0. The van der Waals surface area contributed by atoms with Crippen LogP contribution in [-0.4, -0.2) is 59.0 Å². The molecular weight excluding hydrogens is 346 g/mol. The highest BCUT2D eigenvalue weighted by atomic mass is 16.4. The van der Waals surface area contributed by atoms with E-state index in [2.05, 4.69) is 5.32 Å². The molecule has 1 heterocycles. The summed E-state index contributed by atoms with van der Waals surface area (Å²) in [7, 11) is 0. The predicted molar refractivity (Wildman–Crippen MR) is 101 cm³/mol. The van der Waals surface area contributed by atoms with Crippen molar-refractivity contribution in [3.63, 3.8) is 0 Å². The number of anilines is 1. The first kappa shape index (κ1) is 19.2. The van der Waals surface area contributed by atoms with Crippen LogP contribution in [0.4, 0.5) is 10.5 Å². The smallest absolute Gasteiger partial charge is 0.321 e. The lowest BCUT2D eigenvalue weighted by Crippen LogP contribution is -2.53. The Bertz CT molecular complexity index is 713. The third kappa shape index (κ3) is 4.78. The van der Waals surface area contributed by atoms with Crippen molar-refractivity contribution in [2.24, 2.45) is 11.8 Å². The summed E-state index contributed by atoms with van der Waals surface area (Å²) in [5.41, 5.74) is 1.84. The molecule has 1 aliphatic heterocycles. The van der Waals surface area contributed by atoms with Gasteiger partial charge in [0.1, 0.15) is 0 Å². The number of aryl methyl sites for hydroxylation is 1. The van der Waals surface area contributed by atoms with Gasteiger partial charge in [-0.15, -0.1) is 0 Å². The highest BCUT2D eigenvalue weighted by Gasteiger charge is 2.34. The number of urea groups is 1. The molecule has 2 N–H and O–H groups in total. The van der Waals surface area contributed by atoms with Gasteiger partial charge in [-0.25, -0.2) is 4.79 Å². The highest BCUT2D eigenvalue weighted by Crippen LogP contribution is 2.30. The first-order valence-electron chi connectivity index (χ1n) is 9.58. The Kier molecular flexibility index (Phi) is 5.98. The van der Waals surface area contributed by atoms with E-state index in [0.717, 1.165) is 24.1 Å². The standard InChI is InChI=1S/C20H27N3O4/c1-14-4-2-7-17(12-14)21-20(27)23-10-8-22(9-11-23)18(24)15-5-3-6-16(13-15)19(25)26/h2,4,7,12,15-16H,3,5-6,8-11,13H2,1H3,(H,21,27)(H,25,26). The molecule has 2 unspecified atom stereocenters. The number of carboxylic acid groups (broad SMARTS) is 1. The molecule has 1 aromatic carbocycles. The van der Waals surface area contributed by atoms with Crippen LogP contribution in [0.5, 0.6) is 0 Å². The van der Waals surface area contributed by atoms with E-state index in [-0.39, 0.29) is 17.9 Å². The van der Waals surface area contributed by atoms with Gasteiger partial charge < -0.3 is 20.2 Å².